The molecule has 1 aliphatic heterocycles. The normalized spacial score (nSPS) is 20.9. The maximum Gasteiger partial charge on any atom is 0.330 e. The molecule has 1 heterocycles. The molecule has 4 unspecified atom stereocenters. The van der Waals surface area contributed by atoms with Crippen LogP contribution in [0.15, 0.2) is 97.1 Å². The monoisotopic (exact) mass is 592 g/mol. The summed E-state index contributed by atoms with van der Waals surface area (Å²) in [6.45, 7) is 1.43. The summed E-state index contributed by atoms with van der Waals surface area (Å²) in [6, 6.07) is 25.4. The number of ether oxygens (including phenoxy) is 2. The summed E-state index contributed by atoms with van der Waals surface area (Å²) in [5.41, 5.74) is -0.361. The van der Waals surface area contributed by atoms with E-state index in [4.69, 9.17) is 9.47 Å². The molecular weight excluding hydrogens is 563 g/mol. The summed E-state index contributed by atoms with van der Waals surface area (Å²) in [4.78, 5) is 43.8. The Labute approximate surface area is 253 Å². The molecule has 0 saturated carbocycles. The highest BCUT2D eigenvalue weighted by atomic mass is 19.1. The van der Waals surface area contributed by atoms with E-state index in [0.717, 1.165) is 0 Å². The lowest BCUT2D eigenvalue weighted by Crippen LogP contribution is -2.54. The molecule has 1 amide bonds. The average Bonchev–Trinajstić information content (AvgIpc) is 3.34. The van der Waals surface area contributed by atoms with Crippen molar-refractivity contribution in [1.29, 1.82) is 5.26 Å². The van der Waals surface area contributed by atoms with Gasteiger partial charge in [-0.2, -0.15) is 5.26 Å². The second-order valence-electron chi connectivity index (χ2n) is 10.7. The van der Waals surface area contributed by atoms with Gasteiger partial charge in [0.25, 0.3) is 5.91 Å². The topological polar surface area (TPSA) is 117 Å². The fraction of sp³-hybridized carbons (Fsp3) is 0.200. The number of ketones is 1. The first kappa shape index (κ1) is 30.0. The van der Waals surface area contributed by atoms with Crippen LogP contribution in [-0.2, 0) is 4.79 Å². The Morgan fingerprint density at radius 2 is 1.45 bits per heavy atom. The molecule has 1 saturated heterocycles. The lowest BCUT2D eigenvalue weighted by Gasteiger charge is -2.38. The number of amides is 1. The van der Waals surface area contributed by atoms with E-state index in [1.165, 1.54) is 74.6 Å². The van der Waals surface area contributed by atoms with Gasteiger partial charge in [0, 0.05) is 17.0 Å². The smallest absolute Gasteiger partial charge is 0.330 e. The van der Waals surface area contributed by atoms with Crippen LogP contribution in [0.2, 0.25) is 0 Å². The minimum atomic E-state index is -1.97. The van der Waals surface area contributed by atoms with Gasteiger partial charge in [0.05, 0.1) is 37.8 Å². The van der Waals surface area contributed by atoms with Crippen LogP contribution in [0.5, 0.6) is 11.5 Å². The molecule has 44 heavy (non-hydrogen) atoms. The number of carboxylic acids is 1. The summed E-state index contributed by atoms with van der Waals surface area (Å²) in [6.07, 6.45) is 0. The molecule has 0 aliphatic carbocycles. The molecule has 222 valence electrons. The van der Waals surface area contributed by atoms with E-state index in [9.17, 15) is 29.1 Å². The van der Waals surface area contributed by atoms with Crippen molar-refractivity contribution >= 4 is 17.7 Å². The summed E-state index contributed by atoms with van der Waals surface area (Å²) in [5.74, 6) is -4.46. The van der Waals surface area contributed by atoms with Gasteiger partial charge in [0.2, 0.25) is 0 Å². The highest BCUT2D eigenvalue weighted by molar-refractivity contribution is 6.04. The van der Waals surface area contributed by atoms with Crippen LogP contribution in [0.1, 0.15) is 56.3 Å². The summed E-state index contributed by atoms with van der Waals surface area (Å²) in [5, 5.41) is 20.3. The van der Waals surface area contributed by atoms with Gasteiger partial charge in [-0.25, -0.2) is 9.18 Å². The third kappa shape index (κ3) is 5.05. The van der Waals surface area contributed by atoms with E-state index < -0.39 is 46.9 Å². The number of hydrogen-bond donors (Lipinski definition) is 1. The van der Waals surface area contributed by atoms with Gasteiger partial charge < -0.3 is 19.5 Å². The summed E-state index contributed by atoms with van der Waals surface area (Å²) >= 11 is 0. The van der Waals surface area contributed by atoms with Crippen molar-refractivity contribution in [3.63, 3.8) is 0 Å². The summed E-state index contributed by atoms with van der Waals surface area (Å²) in [7, 11) is 2.91. The predicted octanol–water partition coefficient (Wildman–Crippen LogP) is 6.04. The number of carbonyl (C=O) groups is 3. The number of benzene rings is 4. The molecule has 4 aromatic rings. The Hall–Kier alpha value is -5.49. The Morgan fingerprint density at radius 1 is 0.841 bits per heavy atom. The van der Waals surface area contributed by atoms with Crippen molar-refractivity contribution in [2.75, 3.05) is 14.2 Å². The Kier molecular flexibility index (Phi) is 8.19. The van der Waals surface area contributed by atoms with E-state index in [2.05, 4.69) is 0 Å². The zero-order valence-corrected chi connectivity index (χ0v) is 24.2. The molecular formula is C35H29FN2O6. The first-order chi connectivity index (χ1) is 21.1. The predicted molar refractivity (Wildman–Crippen MR) is 159 cm³/mol. The Morgan fingerprint density at radius 3 is 2.02 bits per heavy atom. The highest BCUT2D eigenvalue weighted by Crippen LogP contribution is 2.57. The first-order valence-electron chi connectivity index (χ1n) is 13.8. The fourth-order valence-electron chi connectivity index (χ4n) is 6.22. The molecule has 9 heteroatoms. The number of carboxylic acid groups (broad SMARTS) is 1. The van der Waals surface area contributed by atoms with Gasteiger partial charge >= 0.3 is 5.97 Å². The van der Waals surface area contributed by atoms with Crippen molar-refractivity contribution in [1.82, 2.24) is 4.90 Å². The lowest BCUT2D eigenvalue weighted by molar-refractivity contribution is -0.148. The van der Waals surface area contributed by atoms with Crippen molar-refractivity contribution in [2.45, 2.75) is 24.4 Å². The molecule has 0 spiro atoms. The van der Waals surface area contributed by atoms with Crippen LogP contribution in [0.4, 0.5) is 4.39 Å². The van der Waals surface area contributed by atoms with Crippen LogP contribution in [-0.4, -0.2) is 47.4 Å². The van der Waals surface area contributed by atoms with Gasteiger partial charge in [-0.1, -0.05) is 48.5 Å². The van der Waals surface area contributed by atoms with Crippen LogP contribution in [0, 0.1) is 23.1 Å². The maximum absolute atomic E-state index is 14.6. The van der Waals surface area contributed by atoms with E-state index in [1.807, 2.05) is 6.07 Å². The SMILES string of the molecule is COc1ccc(C2C(C(=O)c3ccc(C#N)cc3)C(c3ccc(F)cc3)N(C(=O)c3ccccc3)C2(C)C(=O)O)cc1OC. The number of Topliss-reactive ketones (excluding diaryl/α,β-unsaturated/α-hetero) is 1. The van der Waals surface area contributed by atoms with Crippen molar-refractivity contribution in [3.05, 3.63) is 131 Å². The number of likely N-dealkylation sites (tertiary alicyclic amines) is 1. The van der Waals surface area contributed by atoms with Crippen molar-refractivity contribution < 1.29 is 33.4 Å². The number of aliphatic carboxylic acids is 1. The maximum atomic E-state index is 14.6. The number of nitrogens with zero attached hydrogens (tertiary/aromatic N) is 2. The van der Waals surface area contributed by atoms with Gasteiger partial charge in [-0.05, 0) is 66.6 Å². The molecule has 8 nitrogen and oxygen atoms in total. The number of rotatable bonds is 8. The molecule has 4 aromatic carbocycles. The molecule has 0 aromatic heterocycles. The van der Waals surface area contributed by atoms with Crippen LogP contribution < -0.4 is 9.47 Å². The van der Waals surface area contributed by atoms with Gasteiger partial charge in [-0.15, -0.1) is 0 Å². The second-order valence-corrected chi connectivity index (χ2v) is 10.7. The lowest BCUT2D eigenvalue weighted by atomic mass is 9.71. The number of methoxy groups -OCH3 is 2. The van der Waals surface area contributed by atoms with Crippen LogP contribution in [0.3, 0.4) is 0 Å². The van der Waals surface area contributed by atoms with Gasteiger partial charge in [0.15, 0.2) is 17.3 Å². The highest BCUT2D eigenvalue weighted by Gasteiger charge is 2.65. The van der Waals surface area contributed by atoms with E-state index in [1.54, 1.807) is 48.5 Å². The largest absolute Gasteiger partial charge is 0.493 e. The molecule has 0 bridgehead atoms. The minimum absolute atomic E-state index is 0.227. The van der Waals surface area contributed by atoms with Gasteiger partial charge in [0.1, 0.15) is 11.4 Å². The third-order valence-electron chi connectivity index (χ3n) is 8.34. The second kappa shape index (κ2) is 12.0. The zero-order chi connectivity index (χ0) is 31.6. The molecule has 4 atom stereocenters. The van der Waals surface area contributed by atoms with Crippen molar-refractivity contribution in [3.8, 4) is 17.6 Å². The standard InChI is InChI=1S/C35H29FN2O6/c1-35(34(41)42)30(25-15-18-27(43-2)28(19-25)44-3)29(32(39)23-11-9-21(20-37)10-12-23)31(22-13-16-26(36)17-14-22)38(35)33(40)24-7-5-4-6-8-24/h4-19,29-31H,1-3H3,(H,41,42). The zero-order valence-electron chi connectivity index (χ0n) is 24.2. The third-order valence-corrected chi connectivity index (χ3v) is 8.34. The quantitative estimate of drug-likeness (QED) is 0.248. The van der Waals surface area contributed by atoms with Crippen LogP contribution >= 0.6 is 0 Å². The van der Waals surface area contributed by atoms with Gasteiger partial charge in [-0.3, -0.25) is 9.59 Å². The molecule has 1 fully saturated rings. The average molecular weight is 593 g/mol. The van der Waals surface area contributed by atoms with Crippen molar-refractivity contribution in [2.24, 2.45) is 5.92 Å². The number of halogens is 1. The molecule has 1 aliphatic rings. The first-order valence-corrected chi connectivity index (χ1v) is 13.8. The van der Waals surface area contributed by atoms with E-state index >= 15 is 0 Å². The van der Waals surface area contributed by atoms with E-state index in [0.29, 0.717) is 28.2 Å². The van der Waals surface area contributed by atoms with Crippen LogP contribution in [0.25, 0.3) is 0 Å². The minimum Gasteiger partial charge on any atom is -0.493 e. The number of hydrogen-bond acceptors (Lipinski definition) is 6. The molecule has 0 radical (unpaired) electrons. The fourth-order valence-corrected chi connectivity index (χ4v) is 6.22. The molecule has 5 rings (SSSR count). The number of nitriles is 1. The number of carbonyl (C=O) groups excluding carboxylic acids is 2. The Bertz CT molecular complexity index is 1750. The summed E-state index contributed by atoms with van der Waals surface area (Å²) < 4.78 is 25.1. The Balaban J connectivity index is 1.84. The van der Waals surface area contributed by atoms with E-state index in [-0.39, 0.29) is 11.1 Å². The molecule has 1 N–H and O–H groups in total.